The Labute approximate surface area is 199 Å². The second-order valence-corrected chi connectivity index (χ2v) is 8.12. The predicted molar refractivity (Wildman–Crippen MR) is 127 cm³/mol. The molecule has 1 aliphatic heterocycles. The van der Waals surface area contributed by atoms with Gasteiger partial charge in [-0.2, -0.15) is 18.3 Å². The minimum absolute atomic E-state index is 0.332. The summed E-state index contributed by atoms with van der Waals surface area (Å²) in [6.07, 6.45) is 1.67. The third-order valence-corrected chi connectivity index (χ3v) is 5.58. The number of rotatable bonds is 6. The summed E-state index contributed by atoms with van der Waals surface area (Å²) in [5.41, 5.74) is 3.83. The van der Waals surface area contributed by atoms with Gasteiger partial charge < -0.3 is 15.5 Å². The lowest BCUT2D eigenvalue weighted by Gasteiger charge is -2.29. The molecule has 4 aromatic rings. The number of halogens is 3. The smallest absolute Gasteiger partial charge is 0.369 e. The minimum atomic E-state index is -4.40. The number of hydrogen-bond donors (Lipinski definition) is 2. The van der Waals surface area contributed by atoms with Crippen LogP contribution in [0.15, 0.2) is 67.3 Å². The van der Waals surface area contributed by atoms with Crippen molar-refractivity contribution >= 4 is 17.3 Å². The quantitative estimate of drug-likeness (QED) is 0.430. The Morgan fingerprint density at radius 2 is 1.80 bits per heavy atom. The topological polar surface area (TPSA) is 83.8 Å². The second kappa shape index (κ2) is 9.71. The molecule has 180 valence electrons. The highest BCUT2D eigenvalue weighted by Gasteiger charge is 2.29. The van der Waals surface area contributed by atoms with E-state index in [1.54, 1.807) is 36.8 Å². The van der Waals surface area contributed by atoms with E-state index in [1.807, 2.05) is 24.3 Å². The van der Waals surface area contributed by atoms with E-state index in [9.17, 15) is 13.2 Å². The van der Waals surface area contributed by atoms with E-state index >= 15 is 0 Å². The van der Waals surface area contributed by atoms with Gasteiger partial charge in [-0.25, -0.2) is 9.97 Å². The van der Waals surface area contributed by atoms with Crippen molar-refractivity contribution in [2.45, 2.75) is 12.7 Å². The number of benzene rings is 1. The summed E-state index contributed by atoms with van der Waals surface area (Å²) in [6.45, 7) is 2.64. The predicted octanol–water partition coefficient (Wildman–Crippen LogP) is 4.12. The van der Waals surface area contributed by atoms with Crippen LogP contribution in [0.4, 0.5) is 30.5 Å². The molecule has 0 unspecified atom stereocenters. The van der Waals surface area contributed by atoms with Gasteiger partial charge in [0.05, 0.1) is 5.69 Å². The van der Waals surface area contributed by atoms with Gasteiger partial charge in [-0.05, 0) is 42.5 Å². The molecule has 2 N–H and O–H groups in total. The zero-order valence-corrected chi connectivity index (χ0v) is 18.7. The van der Waals surface area contributed by atoms with Gasteiger partial charge in [-0.15, -0.1) is 0 Å². The second-order valence-electron chi connectivity index (χ2n) is 8.12. The van der Waals surface area contributed by atoms with E-state index in [4.69, 9.17) is 0 Å². The Hall–Kier alpha value is -3.99. The first-order chi connectivity index (χ1) is 16.9. The third kappa shape index (κ3) is 5.57. The molecular formula is C24H23F3N8. The number of anilines is 3. The molecule has 11 heteroatoms. The number of alkyl halides is 3. The van der Waals surface area contributed by atoms with Gasteiger partial charge in [0.2, 0.25) is 5.95 Å². The summed E-state index contributed by atoms with van der Waals surface area (Å²) in [5.74, 6) is 0.332. The molecule has 0 saturated carbocycles. The molecule has 8 nitrogen and oxygen atoms in total. The van der Waals surface area contributed by atoms with Crippen LogP contribution in [-0.2, 0) is 6.54 Å². The summed E-state index contributed by atoms with van der Waals surface area (Å²) >= 11 is 0. The van der Waals surface area contributed by atoms with Gasteiger partial charge >= 0.3 is 6.18 Å². The van der Waals surface area contributed by atoms with Crippen LogP contribution in [0.25, 0.3) is 22.5 Å². The molecule has 5 rings (SSSR count). The molecular weight excluding hydrogens is 457 g/mol. The molecule has 0 aliphatic carbocycles. The van der Waals surface area contributed by atoms with Gasteiger partial charge in [0, 0.05) is 73.5 Å². The molecule has 1 saturated heterocycles. The summed E-state index contributed by atoms with van der Waals surface area (Å²) < 4.78 is 40.0. The maximum atomic E-state index is 13.0. The summed E-state index contributed by atoms with van der Waals surface area (Å²) in [5, 5.41) is 10.7. The molecule has 35 heavy (non-hydrogen) atoms. The maximum Gasteiger partial charge on any atom is 0.408 e. The van der Waals surface area contributed by atoms with Crippen LogP contribution in [-0.4, -0.2) is 57.1 Å². The van der Waals surface area contributed by atoms with Crippen molar-refractivity contribution in [3.05, 3.63) is 67.3 Å². The van der Waals surface area contributed by atoms with Gasteiger partial charge in [-0.1, -0.05) is 0 Å². The van der Waals surface area contributed by atoms with Crippen molar-refractivity contribution in [2.24, 2.45) is 0 Å². The first-order valence-corrected chi connectivity index (χ1v) is 11.2. The van der Waals surface area contributed by atoms with Gasteiger partial charge in [0.15, 0.2) is 0 Å². The van der Waals surface area contributed by atoms with Crippen molar-refractivity contribution in [3.8, 4) is 22.5 Å². The number of pyridine rings is 1. The lowest BCUT2D eigenvalue weighted by atomic mass is 10.1. The van der Waals surface area contributed by atoms with Crippen LogP contribution < -0.4 is 15.5 Å². The molecule has 4 heterocycles. The average molecular weight is 480 g/mol. The largest absolute Gasteiger partial charge is 0.408 e. The molecule has 0 spiro atoms. The van der Waals surface area contributed by atoms with E-state index in [0.29, 0.717) is 28.5 Å². The molecule has 0 atom stereocenters. The van der Waals surface area contributed by atoms with Crippen LogP contribution >= 0.6 is 0 Å². The zero-order chi connectivity index (χ0) is 24.3. The van der Waals surface area contributed by atoms with E-state index < -0.39 is 12.7 Å². The van der Waals surface area contributed by atoms with Gasteiger partial charge in [0.1, 0.15) is 12.2 Å². The monoisotopic (exact) mass is 480 g/mol. The molecule has 1 fully saturated rings. The summed E-state index contributed by atoms with van der Waals surface area (Å²) in [7, 11) is 0. The Kier molecular flexibility index (Phi) is 6.32. The van der Waals surface area contributed by atoms with E-state index in [1.165, 1.54) is 6.20 Å². The fraction of sp³-hybridized carbons (Fsp3) is 0.250. The first kappa shape index (κ1) is 22.8. The molecule has 0 bridgehead atoms. The van der Waals surface area contributed by atoms with E-state index in [-0.39, 0.29) is 0 Å². The molecule has 1 aromatic carbocycles. The number of hydrogen-bond acceptors (Lipinski definition) is 7. The normalized spacial score (nSPS) is 14.2. The highest BCUT2D eigenvalue weighted by atomic mass is 19.4. The van der Waals surface area contributed by atoms with E-state index in [2.05, 4.69) is 35.6 Å². The van der Waals surface area contributed by atoms with Gasteiger partial charge in [-0.3, -0.25) is 9.67 Å². The Morgan fingerprint density at radius 3 is 2.51 bits per heavy atom. The first-order valence-electron chi connectivity index (χ1n) is 11.2. The van der Waals surface area contributed by atoms with Crippen molar-refractivity contribution < 1.29 is 13.2 Å². The average Bonchev–Trinajstić information content (AvgIpc) is 3.28. The number of aromatic nitrogens is 5. The lowest BCUT2D eigenvalue weighted by molar-refractivity contribution is -0.142. The fourth-order valence-corrected chi connectivity index (χ4v) is 3.97. The highest BCUT2D eigenvalue weighted by Crippen LogP contribution is 2.31. The molecule has 0 amide bonds. The van der Waals surface area contributed by atoms with Crippen molar-refractivity contribution in [3.63, 3.8) is 0 Å². The Bertz CT molecular complexity index is 1270. The number of nitrogens with one attached hydrogen (secondary N) is 2. The van der Waals surface area contributed by atoms with Gasteiger partial charge in [0.25, 0.3) is 0 Å². The van der Waals surface area contributed by atoms with Crippen molar-refractivity contribution in [2.75, 3.05) is 36.4 Å². The number of piperazine rings is 1. The summed E-state index contributed by atoms with van der Waals surface area (Å²) in [4.78, 5) is 15.2. The van der Waals surface area contributed by atoms with Crippen molar-refractivity contribution in [1.82, 2.24) is 30.0 Å². The van der Waals surface area contributed by atoms with Crippen LogP contribution in [0, 0.1) is 0 Å². The highest BCUT2D eigenvalue weighted by molar-refractivity contribution is 5.78. The molecule has 3 aromatic heterocycles. The number of nitrogens with zero attached hydrogens (tertiary/aromatic N) is 6. The van der Waals surface area contributed by atoms with Crippen LogP contribution in [0.3, 0.4) is 0 Å². The van der Waals surface area contributed by atoms with E-state index in [0.717, 1.165) is 42.2 Å². The van der Waals surface area contributed by atoms with Crippen LogP contribution in [0.5, 0.6) is 0 Å². The maximum absolute atomic E-state index is 13.0. The van der Waals surface area contributed by atoms with Crippen molar-refractivity contribution in [1.29, 1.82) is 0 Å². The Morgan fingerprint density at radius 1 is 1.00 bits per heavy atom. The Balaban J connectivity index is 1.41. The molecule has 1 aliphatic rings. The zero-order valence-electron chi connectivity index (χ0n) is 18.7. The lowest BCUT2D eigenvalue weighted by Crippen LogP contribution is -2.43. The van der Waals surface area contributed by atoms with Crippen LogP contribution in [0.1, 0.15) is 0 Å². The standard InChI is InChI=1S/C24H23F3N8/c25-24(26,27)16-35-15-20(22(33-35)17-2-1-8-29-14-17)21-7-9-30-23(32-21)31-18-3-5-19(6-4-18)34-12-10-28-11-13-34/h1-9,14-15,28H,10-13,16H2,(H,30,31,32). The molecule has 0 radical (unpaired) electrons. The summed E-state index contributed by atoms with van der Waals surface area (Å²) in [6, 6.07) is 13.1. The minimum Gasteiger partial charge on any atom is -0.369 e. The third-order valence-electron chi connectivity index (χ3n) is 5.58. The fourth-order valence-electron chi connectivity index (χ4n) is 3.97. The SMILES string of the molecule is FC(F)(F)Cn1cc(-c2ccnc(Nc3ccc(N4CCNCC4)cc3)n2)c(-c2cccnc2)n1. The van der Waals surface area contributed by atoms with Crippen LogP contribution in [0.2, 0.25) is 0 Å².